The Kier molecular flexibility index (Phi) is 6.43. The predicted molar refractivity (Wildman–Crippen MR) is 119 cm³/mol. The molecule has 1 aromatic heterocycles. The van der Waals surface area contributed by atoms with Crippen LogP contribution in [0.4, 0.5) is 0 Å². The second-order valence-electron chi connectivity index (χ2n) is 7.07. The summed E-state index contributed by atoms with van der Waals surface area (Å²) in [5, 5.41) is 1.26. The van der Waals surface area contributed by atoms with Crippen LogP contribution < -0.4 is 5.56 Å². The fourth-order valence-corrected chi connectivity index (χ4v) is 4.11. The van der Waals surface area contributed by atoms with Gasteiger partial charge in [0.2, 0.25) is 0 Å². The summed E-state index contributed by atoms with van der Waals surface area (Å²) in [5.74, 6) is 0.626. The van der Waals surface area contributed by atoms with E-state index in [2.05, 4.69) is 25.7 Å². The molecule has 0 aliphatic carbocycles. The van der Waals surface area contributed by atoms with E-state index >= 15 is 0 Å². The molecule has 0 aliphatic rings. The van der Waals surface area contributed by atoms with Gasteiger partial charge in [-0.25, -0.2) is 4.98 Å². The van der Waals surface area contributed by atoms with Crippen LogP contribution in [-0.4, -0.2) is 33.6 Å². The smallest absolute Gasteiger partial charge is 0.261 e. The van der Waals surface area contributed by atoms with E-state index in [4.69, 9.17) is 28.2 Å². The number of rotatable bonds is 6. The highest BCUT2D eigenvalue weighted by molar-refractivity contribution is 6.38. The molecular weight excluding hydrogens is 393 g/mol. The quantitative estimate of drug-likeness (QED) is 0.537. The van der Waals surface area contributed by atoms with Crippen LogP contribution in [0.5, 0.6) is 0 Å². The molecule has 0 radical (unpaired) electrons. The number of likely N-dealkylation sites (N-methyl/N-ethyl adjacent to an activating group) is 1. The minimum Gasteiger partial charge on any atom is -0.299 e. The molecule has 3 aromatic rings. The molecule has 0 amide bonds. The van der Waals surface area contributed by atoms with Gasteiger partial charge in [-0.2, -0.15) is 0 Å². The van der Waals surface area contributed by atoms with E-state index in [1.807, 2.05) is 31.2 Å². The Morgan fingerprint density at radius 1 is 1.11 bits per heavy atom. The largest absolute Gasteiger partial charge is 0.299 e. The van der Waals surface area contributed by atoms with E-state index in [0.717, 1.165) is 24.2 Å². The monoisotopic (exact) mass is 417 g/mol. The lowest BCUT2D eigenvalue weighted by atomic mass is 10.1. The number of nitrogens with zero attached hydrogens (tertiary/aromatic N) is 3. The fourth-order valence-electron chi connectivity index (χ4n) is 3.57. The number of fused-ring (bicyclic) bond motifs is 1. The maximum absolute atomic E-state index is 13.4. The third-order valence-electron chi connectivity index (χ3n) is 5.17. The number of aromatic nitrogens is 2. The van der Waals surface area contributed by atoms with Crippen LogP contribution in [0.2, 0.25) is 10.0 Å². The van der Waals surface area contributed by atoms with Crippen LogP contribution in [0, 0.1) is 6.92 Å². The fraction of sp³-hybridized carbons (Fsp3) is 0.364. The lowest BCUT2D eigenvalue weighted by Gasteiger charge is -2.28. The number of halogens is 2. The first-order chi connectivity index (χ1) is 13.3. The Bertz CT molecular complexity index is 1040. The molecule has 28 heavy (non-hydrogen) atoms. The van der Waals surface area contributed by atoms with E-state index in [9.17, 15) is 4.79 Å². The van der Waals surface area contributed by atoms with Crippen molar-refractivity contribution in [1.29, 1.82) is 0 Å². The summed E-state index contributed by atoms with van der Waals surface area (Å²) < 4.78 is 1.75. The van der Waals surface area contributed by atoms with Crippen LogP contribution in [0.25, 0.3) is 22.3 Å². The van der Waals surface area contributed by atoms with Crippen LogP contribution in [0.3, 0.4) is 0 Å². The third-order valence-corrected chi connectivity index (χ3v) is 5.68. The minimum absolute atomic E-state index is 0.121. The molecular formula is C22H25Cl2N3O. The van der Waals surface area contributed by atoms with Gasteiger partial charge in [0.15, 0.2) is 0 Å². The van der Waals surface area contributed by atoms with E-state index in [-0.39, 0.29) is 11.6 Å². The lowest BCUT2D eigenvalue weighted by Crippen LogP contribution is -2.39. The summed E-state index contributed by atoms with van der Waals surface area (Å²) in [7, 11) is 0. The Labute approximate surface area is 175 Å². The molecule has 1 heterocycles. The second-order valence-corrected chi connectivity index (χ2v) is 7.91. The van der Waals surface area contributed by atoms with Crippen LogP contribution in [0.1, 0.15) is 26.3 Å². The maximum Gasteiger partial charge on any atom is 0.261 e. The van der Waals surface area contributed by atoms with Crippen molar-refractivity contribution in [3.63, 3.8) is 0 Å². The van der Waals surface area contributed by atoms with Crippen molar-refractivity contribution >= 4 is 34.1 Å². The number of aryl methyl sites for hydroxylation is 1. The molecule has 0 spiro atoms. The van der Waals surface area contributed by atoms with E-state index < -0.39 is 0 Å². The van der Waals surface area contributed by atoms with Gasteiger partial charge >= 0.3 is 0 Å². The zero-order chi connectivity index (χ0) is 20.4. The van der Waals surface area contributed by atoms with Gasteiger partial charge in [-0.3, -0.25) is 14.3 Å². The normalized spacial score (nSPS) is 12.7. The molecule has 1 atom stereocenters. The molecule has 0 fully saturated rings. The van der Waals surface area contributed by atoms with Gasteiger partial charge in [-0.05, 0) is 39.1 Å². The van der Waals surface area contributed by atoms with E-state index in [1.54, 1.807) is 16.7 Å². The molecule has 0 aliphatic heterocycles. The minimum atomic E-state index is -0.121. The molecule has 0 bridgehead atoms. The van der Waals surface area contributed by atoms with Crippen molar-refractivity contribution in [3.8, 4) is 11.4 Å². The first-order valence-electron chi connectivity index (χ1n) is 9.56. The van der Waals surface area contributed by atoms with Gasteiger partial charge < -0.3 is 0 Å². The van der Waals surface area contributed by atoms with E-state index in [1.165, 1.54) is 0 Å². The second kappa shape index (κ2) is 8.64. The van der Waals surface area contributed by atoms with Crippen molar-refractivity contribution in [2.45, 2.75) is 40.3 Å². The first-order valence-corrected chi connectivity index (χ1v) is 10.3. The van der Waals surface area contributed by atoms with Gasteiger partial charge in [0.1, 0.15) is 5.82 Å². The third kappa shape index (κ3) is 4.09. The zero-order valence-corrected chi connectivity index (χ0v) is 18.2. The molecule has 6 heteroatoms. The van der Waals surface area contributed by atoms with Crippen LogP contribution >= 0.6 is 23.2 Å². The Morgan fingerprint density at radius 2 is 1.75 bits per heavy atom. The molecule has 3 rings (SSSR count). The van der Waals surface area contributed by atoms with Gasteiger partial charge in [0.25, 0.3) is 5.56 Å². The highest BCUT2D eigenvalue weighted by atomic mass is 35.5. The van der Waals surface area contributed by atoms with Gasteiger partial charge in [0.05, 0.1) is 15.9 Å². The number of benzene rings is 2. The highest BCUT2D eigenvalue weighted by Crippen LogP contribution is 2.27. The standard InChI is InChI=1S/C22H25Cl2N3O/c1-5-26(6-2)15(4)13-27-21(16-9-7-14(3)8-10-16)25-20-18(22(27)28)11-17(23)12-19(20)24/h7-12,15H,5-6,13H2,1-4H3. The van der Waals surface area contributed by atoms with Gasteiger partial charge in [0, 0.05) is 23.2 Å². The first kappa shape index (κ1) is 20.8. The Morgan fingerprint density at radius 3 is 2.36 bits per heavy atom. The zero-order valence-electron chi connectivity index (χ0n) is 16.7. The summed E-state index contributed by atoms with van der Waals surface area (Å²) >= 11 is 12.5. The van der Waals surface area contributed by atoms with Crippen molar-refractivity contribution in [2.24, 2.45) is 0 Å². The van der Waals surface area contributed by atoms with Crippen LogP contribution in [-0.2, 0) is 6.54 Å². The summed E-state index contributed by atoms with van der Waals surface area (Å²) in [6.45, 7) is 10.8. The van der Waals surface area contributed by atoms with Crippen molar-refractivity contribution in [3.05, 3.63) is 62.4 Å². The molecule has 0 N–H and O–H groups in total. The predicted octanol–water partition coefficient (Wildman–Crippen LogP) is 5.41. The Balaban J connectivity index is 2.26. The molecule has 1 unspecified atom stereocenters. The van der Waals surface area contributed by atoms with Gasteiger partial charge in [-0.15, -0.1) is 0 Å². The average molecular weight is 418 g/mol. The molecule has 0 saturated heterocycles. The SMILES string of the molecule is CCN(CC)C(C)Cn1c(-c2ccc(C)cc2)nc2c(Cl)cc(Cl)cc2c1=O. The number of hydrogen-bond donors (Lipinski definition) is 0. The Hall–Kier alpha value is -1.88. The maximum atomic E-state index is 13.4. The van der Waals surface area contributed by atoms with Crippen molar-refractivity contribution in [1.82, 2.24) is 14.5 Å². The molecule has 148 valence electrons. The van der Waals surface area contributed by atoms with Crippen LogP contribution in [0.15, 0.2) is 41.2 Å². The molecule has 0 saturated carbocycles. The van der Waals surface area contributed by atoms with Crippen molar-refractivity contribution in [2.75, 3.05) is 13.1 Å². The van der Waals surface area contributed by atoms with Gasteiger partial charge in [-0.1, -0.05) is 66.9 Å². The summed E-state index contributed by atoms with van der Waals surface area (Å²) in [6.07, 6.45) is 0. The molecule has 2 aromatic carbocycles. The van der Waals surface area contributed by atoms with E-state index in [0.29, 0.717) is 33.3 Å². The summed E-state index contributed by atoms with van der Waals surface area (Å²) in [6, 6.07) is 11.5. The van der Waals surface area contributed by atoms with Crippen molar-refractivity contribution < 1.29 is 0 Å². The summed E-state index contributed by atoms with van der Waals surface area (Å²) in [4.78, 5) is 20.5. The molecule has 4 nitrogen and oxygen atoms in total. The number of hydrogen-bond acceptors (Lipinski definition) is 3. The lowest BCUT2D eigenvalue weighted by molar-refractivity contribution is 0.210. The topological polar surface area (TPSA) is 38.1 Å². The average Bonchev–Trinajstić information content (AvgIpc) is 2.66. The summed E-state index contributed by atoms with van der Waals surface area (Å²) in [5.41, 5.74) is 2.41. The highest BCUT2D eigenvalue weighted by Gasteiger charge is 2.19.